The highest BCUT2D eigenvalue weighted by Gasteiger charge is 2.48. The van der Waals surface area contributed by atoms with Gasteiger partial charge >= 0.3 is 0 Å². The highest BCUT2D eigenvalue weighted by molar-refractivity contribution is 5.27. The first kappa shape index (κ1) is 31.4. The van der Waals surface area contributed by atoms with E-state index in [1.165, 1.54) is 0 Å². The van der Waals surface area contributed by atoms with Gasteiger partial charge in [0.25, 0.3) is 0 Å². The van der Waals surface area contributed by atoms with Gasteiger partial charge in [0.1, 0.15) is 11.5 Å². The second kappa shape index (κ2) is 15.7. The lowest BCUT2D eigenvalue weighted by Gasteiger charge is -2.49. The Morgan fingerprint density at radius 2 is 1.30 bits per heavy atom. The molecule has 5 atom stereocenters. The van der Waals surface area contributed by atoms with Crippen molar-refractivity contribution in [1.29, 1.82) is 0 Å². The molecule has 232 valence electrons. The molecule has 43 heavy (non-hydrogen) atoms. The summed E-state index contributed by atoms with van der Waals surface area (Å²) in [5, 5.41) is 10.9. The maximum absolute atomic E-state index is 10.9. The summed E-state index contributed by atoms with van der Waals surface area (Å²) in [6, 6.07) is 25.8. The van der Waals surface area contributed by atoms with Crippen LogP contribution in [-0.4, -0.2) is 62.7 Å². The minimum absolute atomic E-state index is 0.113. The number of methoxy groups -OCH3 is 2. The van der Waals surface area contributed by atoms with Crippen molar-refractivity contribution in [2.45, 2.75) is 82.1 Å². The zero-order chi connectivity index (χ0) is 29.9. The van der Waals surface area contributed by atoms with Crippen molar-refractivity contribution in [2.24, 2.45) is 0 Å². The van der Waals surface area contributed by atoms with Crippen molar-refractivity contribution >= 4 is 0 Å². The number of hydrogen-bond donors (Lipinski definition) is 1. The lowest BCUT2D eigenvalue weighted by Crippen LogP contribution is -2.56. The summed E-state index contributed by atoms with van der Waals surface area (Å²) in [6.07, 6.45) is 1.76. The molecule has 2 fully saturated rings. The minimum Gasteiger partial charge on any atom is -0.497 e. The Bertz CT molecular complexity index is 1220. The summed E-state index contributed by atoms with van der Waals surface area (Å²) >= 11 is 0. The first-order valence-electron chi connectivity index (χ1n) is 15.1. The fraction of sp³-hybridized carbons (Fsp3) is 0.486. The van der Waals surface area contributed by atoms with E-state index < -0.39 is 11.9 Å². The third kappa shape index (κ3) is 9.50. The standard InChI is InChI=1S/C35H44O8/c1-37-30-12-8-27(9-13-30)22-39-17-16-32-18-29(36)20-35(42-32)21-33(41-24-28-10-14-31(38-2)15-11-28)19-34(43-35)25-40-23-26-6-4-3-5-7-26/h3-15,29,32-34,36H,16-25H2,1-2H3/t29-,32+,33+,34-,35-/m1/s1. The summed E-state index contributed by atoms with van der Waals surface area (Å²) < 4.78 is 42.2. The van der Waals surface area contributed by atoms with E-state index >= 15 is 0 Å². The molecule has 3 aromatic rings. The molecule has 5 rings (SSSR count). The molecule has 1 N–H and O–H groups in total. The summed E-state index contributed by atoms with van der Waals surface area (Å²) in [6.45, 7) is 2.40. The van der Waals surface area contributed by atoms with Crippen LogP contribution in [0.2, 0.25) is 0 Å². The van der Waals surface area contributed by atoms with Crippen LogP contribution < -0.4 is 9.47 Å². The van der Waals surface area contributed by atoms with Crippen molar-refractivity contribution in [2.75, 3.05) is 27.4 Å². The second-order valence-corrected chi connectivity index (χ2v) is 11.4. The Labute approximate surface area is 254 Å². The van der Waals surface area contributed by atoms with E-state index in [9.17, 15) is 5.11 Å². The predicted octanol–water partition coefficient (Wildman–Crippen LogP) is 5.83. The van der Waals surface area contributed by atoms with Crippen LogP contribution in [0.1, 0.15) is 48.8 Å². The van der Waals surface area contributed by atoms with Gasteiger partial charge in [-0.15, -0.1) is 0 Å². The molecule has 0 aromatic heterocycles. The number of rotatable bonds is 14. The molecular formula is C35H44O8. The van der Waals surface area contributed by atoms with Crippen molar-refractivity contribution in [3.8, 4) is 11.5 Å². The third-order valence-electron chi connectivity index (χ3n) is 7.98. The normalized spacial score (nSPS) is 25.5. The number of ether oxygens (including phenoxy) is 7. The van der Waals surface area contributed by atoms with Crippen molar-refractivity contribution in [1.82, 2.24) is 0 Å². The van der Waals surface area contributed by atoms with Gasteiger partial charge in [0.15, 0.2) is 5.79 Å². The Morgan fingerprint density at radius 1 is 0.698 bits per heavy atom. The van der Waals surface area contributed by atoms with Gasteiger partial charge in [0.2, 0.25) is 0 Å². The van der Waals surface area contributed by atoms with E-state index in [4.69, 9.17) is 33.2 Å². The Kier molecular flexibility index (Phi) is 11.4. The van der Waals surface area contributed by atoms with Gasteiger partial charge in [-0.1, -0.05) is 54.6 Å². The van der Waals surface area contributed by atoms with E-state index in [1.54, 1.807) is 14.2 Å². The first-order valence-corrected chi connectivity index (χ1v) is 15.1. The topological polar surface area (TPSA) is 84.8 Å². The quantitative estimate of drug-likeness (QED) is 0.234. The minimum atomic E-state index is -0.943. The van der Waals surface area contributed by atoms with E-state index in [0.717, 1.165) is 28.2 Å². The molecule has 8 heteroatoms. The SMILES string of the molecule is COc1ccc(COCC[C@H]2C[C@@H](O)C[C@@]3(C[C@@H](OCc4ccc(OC)cc4)C[C@H](COCc4ccccc4)O3)O2)cc1. The summed E-state index contributed by atoms with van der Waals surface area (Å²) in [5.74, 6) is 0.691. The van der Waals surface area contributed by atoms with E-state index in [-0.39, 0.29) is 18.3 Å². The zero-order valence-electron chi connectivity index (χ0n) is 25.2. The molecule has 2 saturated heterocycles. The van der Waals surface area contributed by atoms with Gasteiger partial charge in [-0.05, 0) is 53.8 Å². The van der Waals surface area contributed by atoms with Gasteiger partial charge in [-0.3, -0.25) is 0 Å². The van der Waals surface area contributed by atoms with Crippen molar-refractivity contribution in [3.05, 3.63) is 95.6 Å². The summed E-state index contributed by atoms with van der Waals surface area (Å²) in [4.78, 5) is 0. The molecule has 3 aromatic carbocycles. The van der Waals surface area contributed by atoms with Gasteiger partial charge < -0.3 is 38.3 Å². The van der Waals surface area contributed by atoms with E-state index in [1.807, 2.05) is 78.9 Å². The van der Waals surface area contributed by atoms with E-state index in [2.05, 4.69) is 0 Å². The molecule has 2 aliphatic heterocycles. The summed E-state index contributed by atoms with van der Waals surface area (Å²) in [5.41, 5.74) is 3.25. The molecule has 8 nitrogen and oxygen atoms in total. The smallest absolute Gasteiger partial charge is 0.174 e. The highest BCUT2D eigenvalue weighted by atomic mass is 16.7. The van der Waals surface area contributed by atoms with Crippen molar-refractivity contribution < 1.29 is 38.3 Å². The third-order valence-corrected chi connectivity index (χ3v) is 7.98. The first-order chi connectivity index (χ1) is 21.0. The van der Waals surface area contributed by atoms with Crippen LogP contribution >= 0.6 is 0 Å². The molecule has 0 unspecified atom stereocenters. The van der Waals surface area contributed by atoms with E-state index in [0.29, 0.717) is 65.1 Å². The maximum atomic E-state index is 10.9. The summed E-state index contributed by atoms with van der Waals surface area (Å²) in [7, 11) is 3.31. The lowest BCUT2D eigenvalue weighted by molar-refractivity contribution is -0.346. The molecule has 1 spiro atoms. The number of aliphatic hydroxyl groups is 1. The molecule has 2 heterocycles. The van der Waals surface area contributed by atoms with Crippen LogP contribution in [0.3, 0.4) is 0 Å². The van der Waals surface area contributed by atoms with Crippen LogP contribution in [0.15, 0.2) is 78.9 Å². The largest absolute Gasteiger partial charge is 0.497 e. The fourth-order valence-corrected chi connectivity index (χ4v) is 5.83. The van der Waals surface area contributed by atoms with Crippen LogP contribution in [0, 0.1) is 0 Å². The van der Waals surface area contributed by atoms with Crippen molar-refractivity contribution in [3.63, 3.8) is 0 Å². The molecule has 0 saturated carbocycles. The monoisotopic (exact) mass is 592 g/mol. The van der Waals surface area contributed by atoms with Gasteiger partial charge in [-0.25, -0.2) is 0 Å². The molecule has 0 radical (unpaired) electrons. The van der Waals surface area contributed by atoms with Gasteiger partial charge in [0, 0.05) is 25.9 Å². The average Bonchev–Trinajstić information content (AvgIpc) is 3.02. The Hall–Kier alpha value is -2.98. The van der Waals surface area contributed by atoms with Gasteiger partial charge in [0.05, 0.1) is 65.1 Å². The fourth-order valence-electron chi connectivity index (χ4n) is 5.83. The molecule has 0 bridgehead atoms. The van der Waals surface area contributed by atoms with Crippen LogP contribution in [-0.2, 0) is 43.5 Å². The molecule has 0 amide bonds. The number of benzene rings is 3. The van der Waals surface area contributed by atoms with Gasteiger partial charge in [-0.2, -0.15) is 0 Å². The molecule has 2 aliphatic rings. The predicted molar refractivity (Wildman–Crippen MR) is 162 cm³/mol. The van der Waals surface area contributed by atoms with Crippen LogP contribution in [0.4, 0.5) is 0 Å². The zero-order valence-corrected chi connectivity index (χ0v) is 25.2. The van der Waals surface area contributed by atoms with Crippen LogP contribution in [0.5, 0.6) is 11.5 Å². The maximum Gasteiger partial charge on any atom is 0.174 e. The second-order valence-electron chi connectivity index (χ2n) is 11.4. The Morgan fingerprint density at radius 3 is 1.98 bits per heavy atom. The average molecular weight is 593 g/mol. The number of aliphatic hydroxyl groups excluding tert-OH is 1. The number of hydrogen-bond acceptors (Lipinski definition) is 8. The molecule has 0 aliphatic carbocycles. The Balaban J connectivity index is 1.19. The van der Waals surface area contributed by atoms with Crippen LogP contribution in [0.25, 0.3) is 0 Å². The lowest BCUT2D eigenvalue weighted by atomic mass is 9.89. The highest BCUT2D eigenvalue weighted by Crippen LogP contribution is 2.41. The molecular weight excluding hydrogens is 548 g/mol.